The minimum atomic E-state index is -0.142. The van der Waals surface area contributed by atoms with Crippen LogP contribution < -0.4 is 10.1 Å². The summed E-state index contributed by atoms with van der Waals surface area (Å²) in [4.78, 5) is 11.9. The van der Waals surface area contributed by atoms with Crippen LogP contribution in [0.5, 0.6) is 11.5 Å². The maximum absolute atomic E-state index is 11.9. The van der Waals surface area contributed by atoms with E-state index < -0.39 is 0 Å². The first kappa shape index (κ1) is 19.6. The molecule has 0 spiro atoms. The van der Waals surface area contributed by atoms with Gasteiger partial charge < -0.3 is 15.2 Å². The van der Waals surface area contributed by atoms with E-state index in [1.54, 1.807) is 24.3 Å². The predicted octanol–water partition coefficient (Wildman–Crippen LogP) is 4.12. The average molecular weight is 353 g/mol. The minimum absolute atomic E-state index is 0.0785. The van der Waals surface area contributed by atoms with E-state index in [0.29, 0.717) is 12.3 Å². The summed E-state index contributed by atoms with van der Waals surface area (Å²) in [5.41, 5.74) is 3.38. The molecule has 0 atom stereocenters. The lowest BCUT2D eigenvalue weighted by atomic mass is 10.0. The molecule has 4 heteroatoms. The van der Waals surface area contributed by atoms with Gasteiger partial charge in [0.15, 0.2) is 11.5 Å². The number of ether oxygens (including phenoxy) is 1. The third-order valence-corrected chi connectivity index (χ3v) is 4.19. The highest BCUT2D eigenvalue weighted by Gasteiger charge is 2.02. The Balaban J connectivity index is 1.78. The van der Waals surface area contributed by atoms with Crippen molar-refractivity contribution in [3.63, 3.8) is 0 Å². The molecule has 2 aromatic carbocycles. The van der Waals surface area contributed by atoms with Gasteiger partial charge in [-0.1, -0.05) is 43.7 Å². The van der Waals surface area contributed by atoms with Crippen LogP contribution in [0.1, 0.15) is 36.5 Å². The Morgan fingerprint density at radius 1 is 1.12 bits per heavy atom. The first-order valence-corrected chi connectivity index (χ1v) is 9.03. The van der Waals surface area contributed by atoms with E-state index in [1.165, 1.54) is 37.2 Å². The van der Waals surface area contributed by atoms with Crippen molar-refractivity contribution in [1.82, 2.24) is 5.32 Å². The van der Waals surface area contributed by atoms with E-state index in [0.717, 1.165) is 18.4 Å². The molecule has 0 aromatic heterocycles. The summed E-state index contributed by atoms with van der Waals surface area (Å²) in [7, 11) is 1.49. The fraction of sp³-hybridized carbons (Fsp3) is 0.318. The molecule has 0 unspecified atom stereocenters. The summed E-state index contributed by atoms with van der Waals surface area (Å²) in [6.07, 6.45) is 7.54. The molecule has 2 aromatic rings. The van der Waals surface area contributed by atoms with Crippen LogP contribution in [-0.4, -0.2) is 24.7 Å². The highest BCUT2D eigenvalue weighted by molar-refractivity contribution is 5.91. The number of carbonyl (C=O) groups is 1. The minimum Gasteiger partial charge on any atom is -0.504 e. The molecule has 4 nitrogen and oxygen atoms in total. The summed E-state index contributed by atoms with van der Waals surface area (Å²) >= 11 is 0. The maximum Gasteiger partial charge on any atom is 0.244 e. The van der Waals surface area contributed by atoms with Crippen molar-refractivity contribution in [3.05, 3.63) is 65.2 Å². The predicted molar refractivity (Wildman–Crippen MR) is 105 cm³/mol. The molecular weight excluding hydrogens is 326 g/mol. The molecule has 0 aliphatic heterocycles. The van der Waals surface area contributed by atoms with Crippen molar-refractivity contribution in [2.75, 3.05) is 13.7 Å². The van der Waals surface area contributed by atoms with Crippen LogP contribution in [-0.2, 0) is 17.6 Å². The van der Waals surface area contributed by atoms with Crippen LogP contribution >= 0.6 is 0 Å². The number of amides is 1. The Kier molecular flexibility index (Phi) is 7.75. The number of nitrogens with one attached hydrogen (secondary N) is 1. The Bertz CT molecular complexity index is 736. The van der Waals surface area contributed by atoms with Crippen molar-refractivity contribution >= 4 is 12.0 Å². The summed E-state index contributed by atoms with van der Waals surface area (Å²) in [5.74, 6) is 0.321. The van der Waals surface area contributed by atoms with Crippen LogP contribution in [0, 0.1) is 0 Å². The van der Waals surface area contributed by atoms with Crippen LogP contribution in [0.25, 0.3) is 6.08 Å². The van der Waals surface area contributed by atoms with Crippen molar-refractivity contribution in [3.8, 4) is 11.5 Å². The number of carbonyl (C=O) groups excluding carboxylic acids is 1. The molecule has 0 saturated carbocycles. The fourth-order valence-corrected chi connectivity index (χ4v) is 2.61. The van der Waals surface area contributed by atoms with Gasteiger partial charge in [0.2, 0.25) is 5.91 Å². The number of hydrogen-bond acceptors (Lipinski definition) is 3. The Hall–Kier alpha value is -2.75. The average Bonchev–Trinajstić information content (AvgIpc) is 2.66. The molecule has 2 N–H and O–H groups in total. The Labute approximate surface area is 155 Å². The summed E-state index contributed by atoms with van der Waals surface area (Å²) in [5, 5.41) is 12.5. The van der Waals surface area contributed by atoms with Crippen molar-refractivity contribution in [1.29, 1.82) is 0 Å². The molecule has 0 fully saturated rings. The second-order valence-electron chi connectivity index (χ2n) is 6.23. The lowest BCUT2D eigenvalue weighted by Gasteiger charge is -2.05. The highest BCUT2D eigenvalue weighted by atomic mass is 16.5. The zero-order valence-corrected chi connectivity index (χ0v) is 15.5. The van der Waals surface area contributed by atoms with Crippen LogP contribution in [0.2, 0.25) is 0 Å². The Morgan fingerprint density at radius 3 is 2.46 bits per heavy atom. The van der Waals surface area contributed by atoms with Crippen molar-refractivity contribution in [2.24, 2.45) is 0 Å². The quantitative estimate of drug-likeness (QED) is 0.667. The number of methoxy groups -OCH3 is 1. The number of benzene rings is 2. The van der Waals surface area contributed by atoms with Crippen molar-refractivity contribution < 1.29 is 14.6 Å². The van der Waals surface area contributed by atoms with E-state index in [-0.39, 0.29) is 11.7 Å². The first-order valence-electron chi connectivity index (χ1n) is 9.03. The fourth-order valence-electron chi connectivity index (χ4n) is 2.61. The molecule has 0 saturated heterocycles. The molecule has 26 heavy (non-hydrogen) atoms. The molecule has 0 radical (unpaired) electrons. The number of hydrogen-bond donors (Lipinski definition) is 2. The number of rotatable bonds is 9. The van der Waals surface area contributed by atoms with E-state index in [1.807, 2.05) is 0 Å². The lowest BCUT2D eigenvalue weighted by Crippen LogP contribution is -2.23. The number of unbranched alkanes of at least 4 members (excludes halogenated alkanes) is 1. The molecule has 0 heterocycles. The SMILES string of the molecule is CCCCc1ccc(CCNC(=O)/C=C/c2ccc(O)c(OC)c2)cc1. The number of phenolic OH excluding ortho intramolecular Hbond substituents is 1. The van der Waals surface area contributed by atoms with E-state index in [9.17, 15) is 9.90 Å². The summed E-state index contributed by atoms with van der Waals surface area (Å²) < 4.78 is 5.05. The second kappa shape index (κ2) is 10.3. The maximum atomic E-state index is 11.9. The summed E-state index contributed by atoms with van der Waals surface area (Å²) in [6, 6.07) is 13.6. The molecule has 0 bridgehead atoms. The molecular formula is C22H27NO3. The topological polar surface area (TPSA) is 58.6 Å². The lowest BCUT2D eigenvalue weighted by molar-refractivity contribution is -0.116. The standard InChI is InChI=1S/C22H27NO3/c1-3-4-5-17-6-8-18(9-7-17)14-15-23-22(25)13-11-19-10-12-20(24)21(16-19)26-2/h6-13,16,24H,3-5,14-15H2,1-2H3,(H,23,25)/b13-11+. The third kappa shape index (κ3) is 6.28. The number of aryl methyl sites for hydroxylation is 1. The monoisotopic (exact) mass is 353 g/mol. The molecule has 1 amide bonds. The van der Waals surface area contributed by atoms with Gasteiger partial charge in [0, 0.05) is 12.6 Å². The van der Waals surface area contributed by atoms with Crippen LogP contribution in [0.3, 0.4) is 0 Å². The zero-order valence-electron chi connectivity index (χ0n) is 15.5. The third-order valence-electron chi connectivity index (χ3n) is 4.19. The van der Waals surface area contributed by atoms with Crippen LogP contribution in [0.4, 0.5) is 0 Å². The highest BCUT2D eigenvalue weighted by Crippen LogP contribution is 2.26. The molecule has 138 valence electrons. The van der Waals surface area contributed by atoms with Crippen molar-refractivity contribution in [2.45, 2.75) is 32.6 Å². The largest absolute Gasteiger partial charge is 0.504 e. The smallest absolute Gasteiger partial charge is 0.244 e. The van der Waals surface area contributed by atoms with Gasteiger partial charge in [-0.25, -0.2) is 0 Å². The Morgan fingerprint density at radius 2 is 1.81 bits per heavy atom. The summed E-state index contributed by atoms with van der Waals surface area (Å²) in [6.45, 7) is 2.79. The van der Waals surface area contributed by atoms with E-state index in [2.05, 4.69) is 36.5 Å². The van der Waals surface area contributed by atoms with Gasteiger partial charge in [-0.2, -0.15) is 0 Å². The number of aromatic hydroxyl groups is 1. The van der Waals surface area contributed by atoms with Gasteiger partial charge in [0.1, 0.15) is 0 Å². The van der Waals surface area contributed by atoms with Gasteiger partial charge in [-0.15, -0.1) is 0 Å². The van der Waals surface area contributed by atoms with Gasteiger partial charge >= 0.3 is 0 Å². The second-order valence-corrected chi connectivity index (χ2v) is 6.23. The molecule has 0 aliphatic rings. The van der Waals surface area contributed by atoms with Gasteiger partial charge in [-0.05, 0) is 54.2 Å². The molecule has 0 aliphatic carbocycles. The van der Waals surface area contributed by atoms with Gasteiger partial charge in [-0.3, -0.25) is 4.79 Å². The van der Waals surface area contributed by atoms with Gasteiger partial charge in [0.05, 0.1) is 7.11 Å². The first-order chi connectivity index (χ1) is 12.6. The normalized spacial score (nSPS) is 10.8. The van der Waals surface area contributed by atoms with Gasteiger partial charge in [0.25, 0.3) is 0 Å². The number of phenols is 1. The van der Waals surface area contributed by atoms with E-state index in [4.69, 9.17) is 4.74 Å². The molecule has 2 rings (SSSR count). The van der Waals surface area contributed by atoms with Crippen LogP contribution in [0.15, 0.2) is 48.5 Å². The zero-order chi connectivity index (χ0) is 18.8. The van der Waals surface area contributed by atoms with E-state index >= 15 is 0 Å².